The van der Waals surface area contributed by atoms with Gasteiger partial charge in [-0.25, -0.2) is 4.39 Å². The lowest BCUT2D eigenvalue weighted by Crippen LogP contribution is -2.30. The molecule has 10 heteroatoms. The first-order chi connectivity index (χ1) is 19.7. The quantitative estimate of drug-likeness (QED) is 0.135. The highest BCUT2D eigenvalue weighted by molar-refractivity contribution is 8.00. The van der Waals surface area contributed by atoms with Crippen LogP contribution in [0.15, 0.2) is 108 Å². The predicted octanol–water partition coefficient (Wildman–Crippen LogP) is 7.66. The Balaban J connectivity index is 1.47. The molecule has 4 rings (SSSR count). The van der Waals surface area contributed by atoms with E-state index in [9.17, 15) is 18.8 Å². The van der Waals surface area contributed by atoms with Crippen molar-refractivity contribution in [1.82, 2.24) is 5.32 Å². The van der Waals surface area contributed by atoms with Gasteiger partial charge in [-0.05, 0) is 73.7 Å². The second kappa shape index (κ2) is 14.0. The fraction of sp³-hybridized carbons (Fsp3) is 0.0645. The molecule has 0 heterocycles. The minimum Gasteiger partial charge on any atom is -0.323 e. The van der Waals surface area contributed by atoms with Gasteiger partial charge in [-0.2, -0.15) is 0 Å². The first kappa shape index (κ1) is 29.9. The van der Waals surface area contributed by atoms with E-state index in [-0.39, 0.29) is 17.3 Å². The molecule has 0 radical (unpaired) electrons. The Hall–Kier alpha value is -4.11. The molecule has 0 aliphatic carbocycles. The molecule has 0 saturated heterocycles. The SMILES string of the molecule is CC(Sc1ccc(NC(=O)/C(=C/c2c(Cl)cccc2Cl)NC(=O)c2ccccc2)cc1)C(=O)Nc1ccccc1F. The molecule has 0 aliphatic rings. The number of thioether (sulfide) groups is 1. The van der Waals surface area contributed by atoms with E-state index in [4.69, 9.17) is 23.2 Å². The maximum atomic E-state index is 13.9. The highest BCUT2D eigenvalue weighted by atomic mass is 35.5. The van der Waals surface area contributed by atoms with Crippen molar-refractivity contribution in [2.75, 3.05) is 10.6 Å². The summed E-state index contributed by atoms with van der Waals surface area (Å²) in [5.74, 6) is -1.93. The number of rotatable bonds is 9. The normalized spacial score (nSPS) is 11.9. The highest BCUT2D eigenvalue weighted by Crippen LogP contribution is 2.28. The molecule has 41 heavy (non-hydrogen) atoms. The van der Waals surface area contributed by atoms with Crippen molar-refractivity contribution in [3.63, 3.8) is 0 Å². The molecule has 208 valence electrons. The summed E-state index contributed by atoms with van der Waals surface area (Å²) in [5.41, 5.74) is 1.25. The molecule has 4 aromatic rings. The summed E-state index contributed by atoms with van der Waals surface area (Å²) >= 11 is 13.9. The molecule has 0 aromatic heterocycles. The van der Waals surface area contributed by atoms with E-state index in [0.717, 1.165) is 4.90 Å². The third-order valence-corrected chi connectivity index (χ3v) is 7.51. The third-order valence-electron chi connectivity index (χ3n) is 5.74. The molecule has 0 aliphatic heterocycles. The molecule has 1 unspecified atom stereocenters. The monoisotopic (exact) mass is 607 g/mol. The van der Waals surface area contributed by atoms with E-state index in [2.05, 4.69) is 16.0 Å². The Kier molecular flexibility index (Phi) is 10.2. The van der Waals surface area contributed by atoms with Crippen molar-refractivity contribution in [2.24, 2.45) is 0 Å². The second-order valence-corrected chi connectivity index (χ2v) is 10.9. The maximum absolute atomic E-state index is 13.9. The average Bonchev–Trinajstić information content (AvgIpc) is 2.97. The molecule has 1 atom stereocenters. The second-order valence-electron chi connectivity index (χ2n) is 8.72. The number of anilines is 2. The summed E-state index contributed by atoms with van der Waals surface area (Å²) in [6, 6.07) is 26.2. The fourth-order valence-electron chi connectivity index (χ4n) is 3.61. The number of para-hydroxylation sites is 1. The van der Waals surface area contributed by atoms with E-state index in [1.807, 2.05) is 0 Å². The van der Waals surface area contributed by atoms with Crippen LogP contribution in [0.5, 0.6) is 0 Å². The van der Waals surface area contributed by atoms with Gasteiger partial charge in [-0.3, -0.25) is 14.4 Å². The molecule has 0 spiro atoms. The first-order valence-electron chi connectivity index (χ1n) is 12.4. The van der Waals surface area contributed by atoms with Gasteiger partial charge in [-0.15, -0.1) is 11.8 Å². The van der Waals surface area contributed by atoms with Gasteiger partial charge in [0.1, 0.15) is 11.5 Å². The van der Waals surface area contributed by atoms with Crippen molar-refractivity contribution in [2.45, 2.75) is 17.1 Å². The number of amides is 3. The molecule has 0 bridgehead atoms. The summed E-state index contributed by atoms with van der Waals surface area (Å²) in [6.45, 7) is 1.71. The topological polar surface area (TPSA) is 87.3 Å². The van der Waals surface area contributed by atoms with Crippen LogP contribution in [0, 0.1) is 5.82 Å². The first-order valence-corrected chi connectivity index (χ1v) is 14.0. The number of carbonyl (C=O) groups excluding carboxylic acids is 3. The van der Waals surface area contributed by atoms with E-state index in [1.54, 1.807) is 91.9 Å². The molecule has 3 N–H and O–H groups in total. The van der Waals surface area contributed by atoms with Gasteiger partial charge in [0.2, 0.25) is 5.91 Å². The number of benzene rings is 4. The molecular formula is C31H24Cl2FN3O3S. The summed E-state index contributed by atoms with van der Waals surface area (Å²) in [4.78, 5) is 39.4. The summed E-state index contributed by atoms with van der Waals surface area (Å²) in [7, 11) is 0. The van der Waals surface area contributed by atoms with Crippen LogP contribution in [0.2, 0.25) is 10.0 Å². The van der Waals surface area contributed by atoms with Crippen LogP contribution in [0.4, 0.5) is 15.8 Å². The predicted molar refractivity (Wildman–Crippen MR) is 164 cm³/mol. The molecule has 0 fully saturated rings. The van der Waals surface area contributed by atoms with Crippen LogP contribution >= 0.6 is 35.0 Å². The molecule has 6 nitrogen and oxygen atoms in total. The van der Waals surface area contributed by atoms with Crippen molar-refractivity contribution in [3.8, 4) is 0 Å². The van der Waals surface area contributed by atoms with Crippen LogP contribution in [-0.2, 0) is 9.59 Å². The number of nitrogens with one attached hydrogen (secondary N) is 3. The van der Waals surface area contributed by atoms with E-state index < -0.39 is 22.9 Å². The van der Waals surface area contributed by atoms with Crippen LogP contribution < -0.4 is 16.0 Å². The van der Waals surface area contributed by atoms with Gasteiger partial charge in [0.05, 0.1) is 10.9 Å². The number of halogens is 3. The fourth-order valence-corrected chi connectivity index (χ4v) is 4.98. The van der Waals surface area contributed by atoms with Crippen molar-refractivity contribution in [1.29, 1.82) is 0 Å². The minimum absolute atomic E-state index is 0.0641. The van der Waals surface area contributed by atoms with Crippen LogP contribution in [-0.4, -0.2) is 23.0 Å². The van der Waals surface area contributed by atoms with Crippen molar-refractivity contribution in [3.05, 3.63) is 130 Å². The van der Waals surface area contributed by atoms with Gasteiger partial charge in [0.25, 0.3) is 11.8 Å². The van der Waals surface area contributed by atoms with E-state index in [1.165, 1.54) is 30.0 Å². The lowest BCUT2D eigenvalue weighted by atomic mass is 10.1. The van der Waals surface area contributed by atoms with Gasteiger partial charge < -0.3 is 16.0 Å². The third kappa shape index (κ3) is 8.20. The molecule has 3 amide bonds. The Morgan fingerprint density at radius 1 is 0.805 bits per heavy atom. The Labute approximate surface area is 250 Å². The van der Waals surface area contributed by atoms with E-state index in [0.29, 0.717) is 26.9 Å². The molecular weight excluding hydrogens is 584 g/mol. The average molecular weight is 609 g/mol. The van der Waals surface area contributed by atoms with Crippen molar-refractivity contribution >= 4 is 70.1 Å². The van der Waals surface area contributed by atoms with Crippen LogP contribution in [0.3, 0.4) is 0 Å². The van der Waals surface area contributed by atoms with Crippen LogP contribution in [0.25, 0.3) is 6.08 Å². The standard InChI is InChI=1S/C31H24Cl2FN3O3S/c1-19(29(38)36-27-13-6-5-12-26(27)34)41-22-16-14-21(15-17-22)35-31(40)28(18-23-24(32)10-7-11-25(23)33)37-30(39)20-8-3-2-4-9-20/h2-19H,1H3,(H,35,40)(H,36,38)(H,37,39)/b28-18-. The summed E-state index contributed by atoms with van der Waals surface area (Å²) in [5, 5.41) is 8.10. The Bertz CT molecular complexity index is 1580. The summed E-state index contributed by atoms with van der Waals surface area (Å²) in [6.07, 6.45) is 1.42. The van der Waals surface area contributed by atoms with Gasteiger partial charge in [0.15, 0.2) is 0 Å². The zero-order valence-electron chi connectivity index (χ0n) is 21.7. The zero-order valence-corrected chi connectivity index (χ0v) is 24.0. The lowest BCUT2D eigenvalue weighted by Gasteiger charge is -2.14. The molecule has 4 aromatic carbocycles. The molecule has 0 saturated carbocycles. The van der Waals surface area contributed by atoms with Crippen molar-refractivity contribution < 1.29 is 18.8 Å². The number of hydrogen-bond donors (Lipinski definition) is 3. The minimum atomic E-state index is -0.594. The maximum Gasteiger partial charge on any atom is 0.272 e. The zero-order chi connectivity index (χ0) is 29.4. The smallest absolute Gasteiger partial charge is 0.272 e. The van der Waals surface area contributed by atoms with Gasteiger partial charge in [0, 0.05) is 31.8 Å². The summed E-state index contributed by atoms with van der Waals surface area (Å²) < 4.78 is 13.9. The largest absolute Gasteiger partial charge is 0.323 e. The lowest BCUT2D eigenvalue weighted by molar-refractivity contribution is -0.115. The number of hydrogen-bond acceptors (Lipinski definition) is 4. The Morgan fingerprint density at radius 2 is 1.44 bits per heavy atom. The van der Waals surface area contributed by atoms with E-state index >= 15 is 0 Å². The highest BCUT2D eigenvalue weighted by Gasteiger charge is 2.18. The van der Waals surface area contributed by atoms with Gasteiger partial charge in [-0.1, -0.05) is 59.6 Å². The van der Waals surface area contributed by atoms with Gasteiger partial charge >= 0.3 is 0 Å². The Morgan fingerprint density at radius 3 is 2.10 bits per heavy atom. The van der Waals surface area contributed by atoms with Crippen LogP contribution in [0.1, 0.15) is 22.8 Å². The number of carbonyl (C=O) groups is 3.